The molecule has 14 heavy (non-hydrogen) atoms. The average molecular weight is 202 g/mol. The standard InChI is InChI=1S/C9H18N2O3/c1-3-7(9(13)14)11-8(12)6(2)4-5-10/h6-7H,3-5,10H2,1-2H3,(H,11,12)(H,13,14)/t6?,7-/m1/s1. The topological polar surface area (TPSA) is 92.4 Å². The third-order valence-corrected chi connectivity index (χ3v) is 2.07. The molecule has 0 aliphatic rings. The molecular formula is C9H18N2O3. The highest BCUT2D eigenvalue weighted by Gasteiger charge is 2.20. The molecule has 0 spiro atoms. The number of carboxylic acid groups (broad SMARTS) is 1. The SMILES string of the molecule is CC[C@@H](NC(=O)C(C)CCN)C(=O)O. The second kappa shape index (κ2) is 6.37. The highest BCUT2D eigenvalue weighted by Crippen LogP contribution is 2.01. The van der Waals surface area contributed by atoms with Crippen LogP contribution in [0.25, 0.3) is 0 Å². The molecule has 0 saturated heterocycles. The largest absolute Gasteiger partial charge is 0.480 e. The van der Waals surface area contributed by atoms with E-state index in [2.05, 4.69) is 5.32 Å². The van der Waals surface area contributed by atoms with Gasteiger partial charge in [0.05, 0.1) is 0 Å². The number of nitrogens with one attached hydrogen (secondary N) is 1. The maximum atomic E-state index is 11.4. The molecule has 82 valence electrons. The van der Waals surface area contributed by atoms with Crippen LogP contribution in [0.4, 0.5) is 0 Å². The Bertz CT molecular complexity index is 206. The summed E-state index contributed by atoms with van der Waals surface area (Å²) in [5, 5.41) is 11.2. The van der Waals surface area contributed by atoms with Crippen LogP contribution in [-0.2, 0) is 9.59 Å². The second-order valence-electron chi connectivity index (χ2n) is 3.29. The number of carboxylic acids is 1. The van der Waals surface area contributed by atoms with Gasteiger partial charge in [0, 0.05) is 5.92 Å². The van der Waals surface area contributed by atoms with Gasteiger partial charge in [-0.2, -0.15) is 0 Å². The molecule has 0 aromatic rings. The Morgan fingerprint density at radius 1 is 1.50 bits per heavy atom. The number of nitrogens with two attached hydrogens (primary N) is 1. The van der Waals surface area contributed by atoms with Gasteiger partial charge in [0.1, 0.15) is 6.04 Å². The van der Waals surface area contributed by atoms with Crippen LogP contribution in [0.3, 0.4) is 0 Å². The Morgan fingerprint density at radius 2 is 2.07 bits per heavy atom. The summed E-state index contributed by atoms with van der Waals surface area (Å²) in [7, 11) is 0. The van der Waals surface area contributed by atoms with E-state index in [0.717, 1.165) is 0 Å². The van der Waals surface area contributed by atoms with Gasteiger partial charge in [-0.3, -0.25) is 4.79 Å². The van der Waals surface area contributed by atoms with E-state index in [-0.39, 0.29) is 11.8 Å². The van der Waals surface area contributed by atoms with E-state index in [9.17, 15) is 9.59 Å². The van der Waals surface area contributed by atoms with Crippen LogP contribution in [0, 0.1) is 5.92 Å². The fourth-order valence-corrected chi connectivity index (χ4v) is 1.03. The first-order chi connectivity index (χ1) is 6.52. The van der Waals surface area contributed by atoms with Crippen molar-refractivity contribution in [3.63, 3.8) is 0 Å². The summed E-state index contributed by atoms with van der Waals surface area (Å²) in [5.41, 5.74) is 5.29. The number of carbonyl (C=O) groups is 2. The third-order valence-electron chi connectivity index (χ3n) is 2.07. The molecule has 0 fully saturated rings. The van der Waals surface area contributed by atoms with E-state index in [1.165, 1.54) is 0 Å². The molecule has 1 unspecified atom stereocenters. The van der Waals surface area contributed by atoms with Gasteiger partial charge >= 0.3 is 5.97 Å². The van der Waals surface area contributed by atoms with Crippen molar-refractivity contribution in [3.8, 4) is 0 Å². The average Bonchev–Trinajstić information content (AvgIpc) is 2.13. The monoisotopic (exact) mass is 202 g/mol. The molecule has 0 rings (SSSR count). The molecule has 0 aliphatic carbocycles. The minimum Gasteiger partial charge on any atom is -0.480 e. The van der Waals surface area contributed by atoms with Crippen molar-refractivity contribution < 1.29 is 14.7 Å². The molecule has 0 aromatic heterocycles. The van der Waals surface area contributed by atoms with Crippen LogP contribution >= 0.6 is 0 Å². The molecule has 0 bridgehead atoms. The molecule has 0 saturated carbocycles. The summed E-state index contributed by atoms with van der Waals surface area (Å²) in [6.07, 6.45) is 0.957. The van der Waals surface area contributed by atoms with Gasteiger partial charge in [-0.25, -0.2) is 4.79 Å². The van der Waals surface area contributed by atoms with Gasteiger partial charge in [0.25, 0.3) is 0 Å². The van der Waals surface area contributed by atoms with E-state index in [0.29, 0.717) is 19.4 Å². The van der Waals surface area contributed by atoms with Gasteiger partial charge in [0.15, 0.2) is 0 Å². The Hall–Kier alpha value is -1.10. The molecule has 2 atom stereocenters. The van der Waals surface area contributed by atoms with Gasteiger partial charge in [0.2, 0.25) is 5.91 Å². The van der Waals surface area contributed by atoms with Crippen molar-refractivity contribution in [2.24, 2.45) is 11.7 Å². The normalized spacial score (nSPS) is 14.5. The van der Waals surface area contributed by atoms with Gasteiger partial charge in [-0.15, -0.1) is 0 Å². The van der Waals surface area contributed by atoms with Crippen molar-refractivity contribution in [1.82, 2.24) is 5.32 Å². The maximum absolute atomic E-state index is 11.4. The highest BCUT2D eigenvalue weighted by atomic mass is 16.4. The first-order valence-electron chi connectivity index (χ1n) is 4.76. The molecular weight excluding hydrogens is 184 g/mol. The van der Waals surface area contributed by atoms with Gasteiger partial charge in [-0.05, 0) is 19.4 Å². The summed E-state index contributed by atoms with van der Waals surface area (Å²) in [6, 6.07) is -0.789. The highest BCUT2D eigenvalue weighted by molar-refractivity contribution is 5.84. The fraction of sp³-hybridized carbons (Fsp3) is 0.778. The molecule has 0 aromatic carbocycles. The van der Waals surface area contributed by atoms with E-state index >= 15 is 0 Å². The zero-order valence-corrected chi connectivity index (χ0v) is 8.62. The van der Waals surface area contributed by atoms with Crippen molar-refractivity contribution in [2.45, 2.75) is 32.7 Å². The van der Waals surface area contributed by atoms with Gasteiger partial charge in [-0.1, -0.05) is 13.8 Å². The molecule has 0 radical (unpaired) electrons. The minimum absolute atomic E-state index is 0.228. The smallest absolute Gasteiger partial charge is 0.326 e. The molecule has 1 amide bonds. The molecule has 0 aliphatic heterocycles. The van der Waals surface area contributed by atoms with Crippen molar-refractivity contribution in [1.29, 1.82) is 0 Å². The summed E-state index contributed by atoms with van der Waals surface area (Å²) in [6.45, 7) is 3.88. The molecule has 5 nitrogen and oxygen atoms in total. The number of rotatable bonds is 6. The Morgan fingerprint density at radius 3 is 2.43 bits per heavy atom. The predicted molar refractivity (Wildman–Crippen MR) is 52.7 cm³/mol. The lowest BCUT2D eigenvalue weighted by Crippen LogP contribution is -2.43. The zero-order chi connectivity index (χ0) is 11.1. The van der Waals surface area contributed by atoms with Crippen LogP contribution < -0.4 is 11.1 Å². The van der Waals surface area contributed by atoms with Crippen LogP contribution in [-0.4, -0.2) is 29.6 Å². The quantitative estimate of drug-likeness (QED) is 0.563. The third kappa shape index (κ3) is 4.23. The Labute approximate surface area is 83.7 Å². The van der Waals surface area contributed by atoms with Crippen LogP contribution in [0.5, 0.6) is 0 Å². The summed E-state index contributed by atoms with van der Waals surface area (Å²) in [4.78, 5) is 22.0. The Kier molecular flexibility index (Phi) is 5.87. The summed E-state index contributed by atoms with van der Waals surface area (Å²) >= 11 is 0. The van der Waals surface area contributed by atoms with Crippen LogP contribution in [0.2, 0.25) is 0 Å². The second-order valence-corrected chi connectivity index (χ2v) is 3.29. The first-order valence-corrected chi connectivity index (χ1v) is 4.76. The van der Waals surface area contributed by atoms with Crippen LogP contribution in [0.1, 0.15) is 26.7 Å². The van der Waals surface area contributed by atoms with Crippen molar-refractivity contribution in [2.75, 3.05) is 6.54 Å². The number of aliphatic carboxylic acids is 1. The van der Waals surface area contributed by atoms with E-state index < -0.39 is 12.0 Å². The molecule has 0 heterocycles. The predicted octanol–water partition coefficient (Wildman–Crippen LogP) is -0.0493. The van der Waals surface area contributed by atoms with Crippen LogP contribution in [0.15, 0.2) is 0 Å². The molecule has 5 heteroatoms. The number of carbonyl (C=O) groups excluding carboxylic acids is 1. The number of amides is 1. The van der Waals surface area contributed by atoms with Crippen molar-refractivity contribution >= 4 is 11.9 Å². The van der Waals surface area contributed by atoms with E-state index in [1.807, 2.05) is 0 Å². The fourth-order valence-electron chi connectivity index (χ4n) is 1.03. The van der Waals surface area contributed by atoms with E-state index in [1.54, 1.807) is 13.8 Å². The Balaban J connectivity index is 4.08. The summed E-state index contributed by atoms with van der Waals surface area (Å²) in [5.74, 6) is -1.47. The zero-order valence-electron chi connectivity index (χ0n) is 8.62. The summed E-state index contributed by atoms with van der Waals surface area (Å²) < 4.78 is 0. The lowest BCUT2D eigenvalue weighted by Gasteiger charge is -2.15. The number of hydrogen-bond donors (Lipinski definition) is 3. The lowest BCUT2D eigenvalue weighted by atomic mass is 10.1. The maximum Gasteiger partial charge on any atom is 0.326 e. The van der Waals surface area contributed by atoms with E-state index in [4.69, 9.17) is 10.8 Å². The minimum atomic E-state index is -0.999. The number of hydrogen-bond acceptors (Lipinski definition) is 3. The lowest BCUT2D eigenvalue weighted by molar-refractivity contribution is -0.142. The van der Waals surface area contributed by atoms with Gasteiger partial charge < -0.3 is 16.2 Å². The van der Waals surface area contributed by atoms with Crippen molar-refractivity contribution in [3.05, 3.63) is 0 Å². The molecule has 4 N–H and O–H groups in total. The first kappa shape index (κ1) is 12.9.